The Balaban J connectivity index is 1.15. The van der Waals surface area contributed by atoms with Crippen LogP contribution in [0.2, 0.25) is 0 Å². The van der Waals surface area contributed by atoms with Gasteiger partial charge in [-0.1, -0.05) is 36.4 Å². The molecule has 1 saturated heterocycles. The van der Waals surface area contributed by atoms with Crippen molar-refractivity contribution in [2.45, 2.75) is 12.6 Å². The molecule has 1 fully saturated rings. The molecule has 0 bridgehead atoms. The lowest BCUT2D eigenvalue weighted by atomic mass is 10.1. The summed E-state index contributed by atoms with van der Waals surface area (Å²) in [5.41, 5.74) is 2.31. The highest BCUT2D eigenvalue weighted by atomic mass is 19.1. The average Bonchev–Trinajstić information content (AvgIpc) is 3.15. The van der Waals surface area contributed by atoms with Gasteiger partial charge in [0, 0.05) is 38.3 Å². The standard InChI is InChI=1S/C28H26FN3O4/c29-22-8-2-1-6-19(22)16-30-12-14-31(15-13-30)23-9-5-7-21-26(23)28(34)32(27(21)33)17-20-18-35-24-10-3-4-11-25(24)36-20/h1-11,20H,12-18H2. The molecule has 3 aromatic rings. The van der Waals surface area contributed by atoms with Gasteiger partial charge < -0.3 is 14.4 Å². The molecule has 0 spiro atoms. The molecule has 3 heterocycles. The third kappa shape index (κ3) is 4.07. The number of carbonyl (C=O) groups excluding carboxylic acids is 2. The summed E-state index contributed by atoms with van der Waals surface area (Å²) in [7, 11) is 0. The second-order valence-corrected chi connectivity index (χ2v) is 9.27. The molecule has 2 amide bonds. The van der Waals surface area contributed by atoms with Gasteiger partial charge in [0.25, 0.3) is 11.8 Å². The first-order chi connectivity index (χ1) is 17.6. The Hall–Kier alpha value is -3.91. The molecule has 6 rings (SSSR count). The largest absolute Gasteiger partial charge is 0.486 e. The number of amides is 2. The smallest absolute Gasteiger partial charge is 0.263 e. The highest BCUT2D eigenvalue weighted by molar-refractivity contribution is 6.23. The zero-order valence-corrected chi connectivity index (χ0v) is 19.7. The molecular weight excluding hydrogens is 461 g/mol. The molecule has 1 atom stereocenters. The number of imide groups is 1. The van der Waals surface area contributed by atoms with E-state index in [9.17, 15) is 14.0 Å². The fraction of sp³-hybridized carbons (Fsp3) is 0.286. The number of para-hydroxylation sites is 2. The number of anilines is 1. The second-order valence-electron chi connectivity index (χ2n) is 9.27. The van der Waals surface area contributed by atoms with E-state index in [0.717, 1.165) is 18.8 Å². The third-order valence-corrected chi connectivity index (χ3v) is 7.00. The zero-order chi connectivity index (χ0) is 24.6. The summed E-state index contributed by atoms with van der Waals surface area (Å²) >= 11 is 0. The summed E-state index contributed by atoms with van der Waals surface area (Å²) in [5, 5.41) is 0. The Labute approximate surface area is 208 Å². The van der Waals surface area contributed by atoms with Gasteiger partial charge in [0.05, 0.1) is 23.4 Å². The van der Waals surface area contributed by atoms with Crippen LogP contribution in [0.5, 0.6) is 11.5 Å². The normalized spacial score (nSPS) is 19.5. The number of piperazine rings is 1. The van der Waals surface area contributed by atoms with Gasteiger partial charge in [-0.3, -0.25) is 19.4 Å². The summed E-state index contributed by atoms with van der Waals surface area (Å²) in [6, 6.07) is 19.6. The van der Waals surface area contributed by atoms with Crippen molar-refractivity contribution in [1.29, 1.82) is 0 Å². The lowest BCUT2D eigenvalue weighted by Crippen LogP contribution is -2.46. The van der Waals surface area contributed by atoms with E-state index >= 15 is 0 Å². The van der Waals surface area contributed by atoms with Gasteiger partial charge in [0.2, 0.25) is 0 Å². The molecule has 0 aliphatic carbocycles. The Morgan fingerprint density at radius 2 is 1.58 bits per heavy atom. The van der Waals surface area contributed by atoms with E-state index in [2.05, 4.69) is 9.80 Å². The van der Waals surface area contributed by atoms with E-state index in [-0.39, 0.29) is 30.8 Å². The summed E-state index contributed by atoms with van der Waals surface area (Å²) in [4.78, 5) is 32.3. The Morgan fingerprint density at radius 3 is 2.39 bits per heavy atom. The highest BCUT2D eigenvalue weighted by Gasteiger charge is 2.40. The summed E-state index contributed by atoms with van der Waals surface area (Å²) < 4.78 is 25.8. The molecule has 0 N–H and O–H groups in total. The average molecular weight is 488 g/mol. The lowest BCUT2D eigenvalue weighted by molar-refractivity contribution is 0.0430. The van der Waals surface area contributed by atoms with Crippen molar-refractivity contribution >= 4 is 17.5 Å². The molecule has 0 saturated carbocycles. The topological polar surface area (TPSA) is 62.3 Å². The van der Waals surface area contributed by atoms with Crippen molar-refractivity contribution in [2.24, 2.45) is 0 Å². The number of hydrogen-bond donors (Lipinski definition) is 0. The fourth-order valence-corrected chi connectivity index (χ4v) is 5.12. The predicted octanol–water partition coefficient (Wildman–Crippen LogP) is 3.58. The van der Waals surface area contributed by atoms with Gasteiger partial charge in [0.1, 0.15) is 12.4 Å². The molecule has 3 aliphatic rings. The summed E-state index contributed by atoms with van der Waals surface area (Å²) in [5.74, 6) is 0.465. The summed E-state index contributed by atoms with van der Waals surface area (Å²) in [6.07, 6.45) is -0.438. The number of fused-ring (bicyclic) bond motifs is 2. The number of nitrogens with zero attached hydrogens (tertiary/aromatic N) is 3. The van der Waals surface area contributed by atoms with Crippen LogP contribution < -0.4 is 14.4 Å². The molecule has 1 unspecified atom stereocenters. The van der Waals surface area contributed by atoms with Gasteiger partial charge in [-0.25, -0.2) is 4.39 Å². The van der Waals surface area contributed by atoms with Crippen LogP contribution in [-0.4, -0.2) is 67.0 Å². The van der Waals surface area contributed by atoms with E-state index < -0.39 is 6.10 Å². The number of benzene rings is 3. The van der Waals surface area contributed by atoms with Gasteiger partial charge in [-0.05, 0) is 30.3 Å². The van der Waals surface area contributed by atoms with Crippen LogP contribution in [0.25, 0.3) is 0 Å². The molecule has 0 radical (unpaired) electrons. The van der Waals surface area contributed by atoms with Crippen LogP contribution in [0.15, 0.2) is 66.7 Å². The van der Waals surface area contributed by atoms with E-state index in [0.29, 0.717) is 47.8 Å². The van der Waals surface area contributed by atoms with Crippen molar-refractivity contribution in [2.75, 3.05) is 44.2 Å². The van der Waals surface area contributed by atoms with E-state index in [1.807, 2.05) is 48.5 Å². The van der Waals surface area contributed by atoms with Crippen LogP contribution in [0.4, 0.5) is 10.1 Å². The number of hydrogen-bond acceptors (Lipinski definition) is 6. The zero-order valence-electron chi connectivity index (χ0n) is 19.7. The van der Waals surface area contributed by atoms with Crippen LogP contribution in [0, 0.1) is 5.82 Å². The Bertz CT molecular complexity index is 1320. The molecule has 36 heavy (non-hydrogen) atoms. The molecule has 3 aliphatic heterocycles. The Morgan fingerprint density at radius 1 is 0.833 bits per heavy atom. The first-order valence-corrected chi connectivity index (χ1v) is 12.2. The first kappa shape index (κ1) is 22.5. The van der Waals surface area contributed by atoms with Crippen LogP contribution >= 0.6 is 0 Å². The quantitative estimate of drug-likeness (QED) is 0.513. The SMILES string of the molecule is O=C1c2cccc(N3CCN(Cc4ccccc4F)CC3)c2C(=O)N1CC1COc2ccccc2O1. The minimum atomic E-state index is -0.438. The summed E-state index contributed by atoms with van der Waals surface area (Å²) in [6.45, 7) is 3.77. The number of halogens is 1. The van der Waals surface area contributed by atoms with Crippen LogP contribution in [0.3, 0.4) is 0 Å². The molecule has 0 aromatic heterocycles. The monoisotopic (exact) mass is 487 g/mol. The van der Waals surface area contributed by atoms with Crippen molar-refractivity contribution in [1.82, 2.24) is 9.80 Å². The molecular formula is C28H26FN3O4. The second kappa shape index (κ2) is 9.28. The van der Waals surface area contributed by atoms with Crippen molar-refractivity contribution in [3.05, 3.63) is 89.2 Å². The van der Waals surface area contributed by atoms with Gasteiger partial charge >= 0.3 is 0 Å². The van der Waals surface area contributed by atoms with E-state index in [1.165, 1.54) is 11.0 Å². The minimum Gasteiger partial charge on any atom is -0.486 e. The Kier molecular flexibility index (Phi) is 5.81. The van der Waals surface area contributed by atoms with Gasteiger partial charge in [-0.2, -0.15) is 0 Å². The van der Waals surface area contributed by atoms with E-state index in [4.69, 9.17) is 9.47 Å². The third-order valence-electron chi connectivity index (χ3n) is 7.00. The molecule has 8 heteroatoms. The molecule has 3 aromatic carbocycles. The maximum absolute atomic E-state index is 14.1. The fourth-order valence-electron chi connectivity index (χ4n) is 5.12. The molecule has 7 nitrogen and oxygen atoms in total. The molecule has 184 valence electrons. The van der Waals surface area contributed by atoms with E-state index in [1.54, 1.807) is 12.1 Å². The first-order valence-electron chi connectivity index (χ1n) is 12.2. The van der Waals surface area contributed by atoms with Gasteiger partial charge in [0.15, 0.2) is 17.6 Å². The van der Waals surface area contributed by atoms with Crippen LogP contribution in [0.1, 0.15) is 26.3 Å². The number of rotatable bonds is 5. The van der Waals surface area contributed by atoms with Crippen molar-refractivity contribution in [3.8, 4) is 11.5 Å². The van der Waals surface area contributed by atoms with Gasteiger partial charge in [-0.15, -0.1) is 0 Å². The minimum absolute atomic E-state index is 0.122. The maximum Gasteiger partial charge on any atom is 0.263 e. The van der Waals surface area contributed by atoms with Crippen molar-refractivity contribution < 1.29 is 23.5 Å². The number of carbonyl (C=O) groups is 2. The lowest BCUT2D eigenvalue weighted by Gasteiger charge is -2.36. The van der Waals surface area contributed by atoms with Crippen LogP contribution in [-0.2, 0) is 6.54 Å². The highest BCUT2D eigenvalue weighted by Crippen LogP contribution is 2.35. The predicted molar refractivity (Wildman–Crippen MR) is 132 cm³/mol. The maximum atomic E-state index is 14.1. The van der Waals surface area contributed by atoms with Crippen molar-refractivity contribution in [3.63, 3.8) is 0 Å². The number of ether oxygens (including phenoxy) is 2.